The molecule has 0 fully saturated rings. The van der Waals surface area contributed by atoms with Gasteiger partial charge >= 0.3 is 6.18 Å². The van der Waals surface area contributed by atoms with Gasteiger partial charge in [0.2, 0.25) is 0 Å². The molecule has 9 nitrogen and oxygen atoms in total. The van der Waals surface area contributed by atoms with Crippen LogP contribution < -0.4 is 19.7 Å². The molecule has 2 aliphatic heterocycles. The van der Waals surface area contributed by atoms with Gasteiger partial charge in [0, 0.05) is 17.4 Å². The average Bonchev–Trinajstić information content (AvgIpc) is 3.39. The molecule has 0 amide bonds. The van der Waals surface area contributed by atoms with Crippen LogP contribution in [-0.4, -0.2) is 40.7 Å². The Balaban J connectivity index is 1.48. The van der Waals surface area contributed by atoms with E-state index in [9.17, 15) is 13.2 Å². The second-order valence-electron chi connectivity index (χ2n) is 10.4. The Hall–Kier alpha value is -5.65. The quantitative estimate of drug-likeness (QED) is 0.223. The molecule has 12 heteroatoms. The van der Waals surface area contributed by atoms with E-state index in [2.05, 4.69) is 10.3 Å². The molecule has 0 bridgehead atoms. The van der Waals surface area contributed by atoms with Crippen molar-refractivity contribution in [2.45, 2.75) is 19.1 Å². The van der Waals surface area contributed by atoms with Gasteiger partial charge in [0.05, 0.1) is 42.9 Å². The highest BCUT2D eigenvalue weighted by Gasteiger charge is 2.42. The molecule has 1 N–H and O–H groups in total. The molecule has 0 spiro atoms. The number of alkyl halides is 3. The summed E-state index contributed by atoms with van der Waals surface area (Å²) in [6.07, 6.45) is -2.83. The molecule has 1 atom stereocenters. The number of hydrogen-bond donors (Lipinski definition) is 1. The number of aryl methyl sites for hydroxylation is 1. The Morgan fingerprint density at radius 1 is 0.844 bits per heavy atom. The summed E-state index contributed by atoms with van der Waals surface area (Å²) in [6, 6.07) is 23.3. The van der Waals surface area contributed by atoms with Crippen molar-refractivity contribution >= 4 is 34.6 Å². The van der Waals surface area contributed by atoms with E-state index >= 15 is 0 Å². The molecule has 2 aliphatic rings. The maximum Gasteiger partial charge on any atom is 0.416 e. The summed E-state index contributed by atoms with van der Waals surface area (Å²) in [5, 5.41) is 7.99. The minimum atomic E-state index is -4.51. The Bertz CT molecular complexity index is 1990. The molecule has 4 heterocycles. The summed E-state index contributed by atoms with van der Waals surface area (Å²) in [4.78, 5) is 16.5. The summed E-state index contributed by atoms with van der Waals surface area (Å²) in [6.45, 7) is 1.91. The molecule has 0 aliphatic carbocycles. The fourth-order valence-electron chi connectivity index (χ4n) is 5.68. The largest absolute Gasteiger partial charge is 0.493 e. The third kappa shape index (κ3) is 4.84. The lowest BCUT2D eigenvalue weighted by Crippen LogP contribution is -2.46. The predicted molar refractivity (Wildman–Crippen MR) is 166 cm³/mol. The van der Waals surface area contributed by atoms with Gasteiger partial charge in [0.15, 0.2) is 34.8 Å². The second kappa shape index (κ2) is 10.8. The van der Waals surface area contributed by atoms with Gasteiger partial charge in [0.25, 0.3) is 0 Å². The lowest BCUT2D eigenvalue weighted by molar-refractivity contribution is -0.137. The lowest BCUT2D eigenvalue weighted by atomic mass is 9.93. The number of amidine groups is 2. The molecule has 226 valence electrons. The van der Waals surface area contributed by atoms with E-state index in [0.717, 1.165) is 34.6 Å². The highest BCUT2D eigenvalue weighted by atomic mass is 19.4. The first-order valence-electron chi connectivity index (χ1n) is 14.0. The number of aromatic nitrogens is 3. The molecule has 1 unspecified atom stereocenters. The summed E-state index contributed by atoms with van der Waals surface area (Å²) < 4.78 is 53.7. The van der Waals surface area contributed by atoms with Crippen molar-refractivity contribution in [3.8, 4) is 17.3 Å². The van der Waals surface area contributed by atoms with Crippen LogP contribution in [0.2, 0.25) is 0 Å². The van der Waals surface area contributed by atoms with Crippen molar-refractivity contribution in [3.63, 3.8) is 0 Å². The Morgan fingerprint density at radius 3 is 2.40 bits per heavy atom. The minimum absolute atomic E-state index is 0.216. The highest BCUT2D eigenvalue weighted by Crippen LogP contribution is 2.49. The van der Waals surface area contributed by atoms with E-state index in [-0.39, 0.29) is 11.5 Å². The number of halogens is 3. The average molecular weight is 610 g/mol. The zero-order valence-corrected chi connectivity index (χ0v) is 24.4. The molecule has 7 rings (SSSR count). The first-order valence-corrected chi connectivity index (χ1v) is 14.0. The van der Waals surface area contributed by atoms with E-state index < -0.39 is 17.8 Å². The van der Waals surface area contributed by atoms with Crippen LogP contribution in [0.3, 0.4) is 0 Å². The summed E-state index contributed by atoms with van der Waals surface area (Å²) in [5.41, 5.74) is 3.22. The van der Waals surface area contributed by atoms with Crippen LogP contribution in [0.1, 0.15) is 28.4 Å². The fraction of sp³-hybridized carbons (Fsp3) is 0.152. The summed E-state index contributed by atoms with van der Waals surface area (Å²) in [5.74, 6) is 2.86. The van der Waals surface area contributed by atoms with Crippen molar-refractivity contribution in [1.29, 1.82) is 0 Å². The number of hydrogen-bond acceptors (Lipinski definition) is 8. The molecule has 0 saturated carbocycles. The van der Waals surface area contributed by atoms with Crippen LogP contribution in [0, 0.1) is 6.92 Å². The van der Waals surface area contributed by atoms with Crippen LogP contribution in [-0.2, 0) is 6.18 Å². The van der Waals surface area contributed by atoms with Gasteiger partial charge in [-0.05, 0) is 67.1 Å². The number of methoxy groups -OCH3 is 2. The second-order valence-corrected chi connectivity index (χ2v) is 10.4. The van der Waals surface area contributed by atoms with Gasteiger partial charge in [-0.25, -0.2) is 15.0 Å². The number of anilines is 2. The smallest absolute Gasteiger partial charge is 0.416 e. The fourth-order valence-corrected chi connectivity index (χ4v) is 5.68. The minimum Gasteiger partial charge on any atom is -0.493 e. The number of ether oxygens (including phenoxy) is 2. The molecule has 0 radical (unpaired) electrons. The topological polar surface area (TPSA) is 89.2 Å². The Kier molecular flexibility index (Phi) is 6.76. The van der Waals surface area contributed by atoms with Crippen molar-refractivity contribution in [2.75, 3.05) is 24.4 Å². The number of rotatable bonds is 5. The number of aliphatic imine (C=N–C) groups is 2. The van der Waals surface area contributed by atoms with Crippen LogP contribution in [0.25, 0.3) is 5.82 Å². The number of para-hydroxylation sites is 2. The molecular weight excluding hydrogens is 583 g/mol. The molecule has 5 aromatic rings. The zero-order valence-electron chi connectivity index (χ0n) is 24.4. The van der Waals surface area contributed by atoms with Crippen LogP contribution >= 0.6 is 0 Å². The van der Waals surface area contributed by atoms with Gasteiger partial charge in [-0.3, -0.25) is 0 Å². The standard InChI is InChI=1S/C33H26F3N7O2/c1-19-28-29(20-14-15-25(44-2)26(17-20)45-3)42-24-12-5-4-11-23(24)39-30(38-22-10-8-9-21(18-22)33(34,35)36)32(42)40-31(28)43(41-19)27-13-6-7-16-37-27/h4-18,29H,1-3H3,(H,38,39). The molecular formula is C33H26F3N7O2. The third-order valence-corrected chi connectivity index (χ3v) is 7.68. The van der Waals surface area contributed by atoms with Crippen molar-refractivity contribution in [3.05, 3.63) is 114 Å². The van der Waals surface area contributed by atoms with Gasteiger partial charge in [-0.2, -0.15) is 23.0 Å². The number of fused-ring (bicyclic) bond motifs is 4. The number of nitrogens with one attached hydrogen (secondary N) is 1. The van der Waals surface area contributed by atoms with E-state index in [1.54, 1.807) is 31.2 Å². The monoisotopic (exact) mass is 609 g/mol. The van der Waals surface area contributed by atoms with Crippen LogP contribution in [0.4, 0.5) is 36.1 Å². The first-order chi connectivity index (χ1) is 21.8. The maximum absolute atomic E-state index is 13.6. The predicted octanol–water partition coefficient (Wildman–Crippen LogP) is 7.41. The van der Waals surface area contributed by atoms with Gasteiger partial charge in [0.1, 0.15) is 0 Å². The zero-order chi connectivity index (χ0) is 31.3. The van der Waals surface area contributed by atoms with Crippen molar-refractivity contribution < 1.29 is 22.6 Å². The third-order valence-electron chi connectivity index (χ3n) is 7.68. The van der Waals surface area contributed by atoms with E-state index in [1.165, 1.54) is 6.07 Å². The Labute approximate surface area is 256 Å². The van der Waals surface area contributed by atoms with E-state index in [1.807, 2.05) is 72.5 Å². The van der Waals surface area contributed by atoms with Gasteiger partial charge in [-0.15, -0.1) is 0 Å². The summed E-state index contributed by atoms with van der Waals surface area (Å²) in [7, 11) is 3.15. The molecule has 0 saturated heterocycles. The summed E-state index contributed by atoms with van der Waals surface area (Å²) >= 11 is 0. The normalized spacial score (nSPS) is 15.3. The van der Waals surface area contributed by atoms with Gasteiger partial charge in [-0.1, -0.05) is 30.3 Å². The highest BCUT2D eigenvalue weighted by molar-refractivity contribution is 6.51. The van der Waals surface area contributed by atoms with Crippen molar-refractivity contribution in [1.82, 2.24) is 14.8 Å². The van der Waals surface area contributed by atoms with Gasteiger partial charge < -0.3 is 19.7 Å². The molecule has 45 heavy (non-hydrogen) atoms. The van der Waals surface area contributed by atoms with E-state index in [4.69, 9.17) is 24.6 Å². The first kappa shape index (κ1) is 28.1. The Morgan fingerprint density at radius 2 is 1.64 bits per heavy atom. The van der Waals surface area contributed by atoms with Crippen LogP contribution in [0.5, 0.6) is 11.5 Å². The van der Waals surface area contributed by atoms with E-state index in [0.29, 0.717) is 34.7 Å². The maximum atomic E-state index is 13.6. The van der Waals surface area contributed by atoms with Crippen LogP contribution in [0.15, 0.2) is 101 Å². The number of nitrogens with zero attached hydrogens (tertiary/aromatic N) is 6. The van der Waals surface area contributed by atoms with Crippen molar-refractivity contribution in [2.24, 2.45) is 9.98 Å². The SMILES string of the molecule is COc1ccc(C2c3c(C)nn(-c4ccccn4)c3N=C3C(Nc4cccc(C(F)(F)F)c4)=Nc4ccccc4N32)cc1OC. The molecule has 3 aromatic carbocycles. The molecule has 2 aromatic heterocycles. The number of pyridine rings is 1. The number of benzene rings is 3. The lowest BCUT2D eigenvalue weighted by Gasteiger charge is -2.40.